The van der Waals surface area contributed by atoms with Crippen molar-refractivity contribution >= 4 is 22.4 Å². The fraction of sp³-hybridized carbons (Fsp3) is 0.235. The van der Waals surface area contributed by atoms with Crippen molar-refractivity contribution in [2.24, 2.45) is 0 Å². The van der Waals surface area contributed by atoms with Crippen LogP contribution in [0.2, 0.25) is 0 Å². The van der Waals surface area contributed by atoms with E-state index in [9.17, 15) is 4.79 Å². The molecule has 1 aromatic carbocycles. The van der Waals surface area contributed by atoms with Crippen molar-refractivity contribution in [3.8, 4) is 11.3 Å². The van der Waals surface area contributed by atoms with Crippen LogP contribution in [0.15, 0.2) is 36.5 Å². The Morgan fingerprint density at radius 2 is 2.17 bits per heavy atom. The summed E-state index contributed by atoms with van der Waals surface area (Å²) in [6.07, 6.45) is 3.81. The number of rotatable bonds is 3. The van der Waals surface area contributed by atoms with E-state index >= 15 is 0 Å². The second-order valence-corrected chi connectivity index (χ2v) is 6.54. The number of fused-ring (bicyclic) bond motifs is 3. The predicted molar refractivity (Wildman–Crippen MR) is 90.8 cm³/mol. The summed E-state index contributed by atoms with van der Waals surface area (Å²) in [5, 5.41) is 7.74. The molecule has 4 rings (SSSR count). The Bertz CT molecular complexity index is 880. The zero-order valence-electron chi connectivity index (χ0n) is 12.7. The molecule has 5 nitrogen and oxygen atoms in total. The fourth-order valence-electron chi connectivity index (χ4n) is 2.82. The van der Waals surface area contributed by atoms with Gasteiger partial charge in [0.05, 0.1) is 5.69 Å². The summed E-state index contributed by atoms with van der Waals surface area (Å²) < 4.78 is 1.73. The summed E-state index contributed by atoms with van der Waals surface area (Å²) in [4.78, 5) is 18.2. The van der Waals surface area contributed by atoms with E-state index in [0.29, 0.717) is 10.8 Å². The predicted octanol–water partition coefficient (Wildman–Crippen LogP) is 3.38. The molecule has 116 valence electrons. The van der Waals surface area contributed by atoms with Crippen LogP contribution in [-0.4, -0.2) is 20.7 Å². The van der Waals surface area contributed by atoms with Gasteiger partial charge in [0.25, 0.3) is 5.91 Å². The van der Waals surface area contributed by atoms with Gasteiger partial charge in [-0.1, -0.05) is 24.3 Å². The number of carbonyl (C=O) groups is 1. The maximum atomic E-state index is 12.3. The minimum Gasteiger partial charge on any atom is -0.296 e. The molecule has 23 heavy (non-hydrogen) atoms. The maximum absolute atomic E-state index is 12.3. The van der Waals surface area contributed by atoms with E-state index < -0.39 is 0 Å². The number of aromatic nitrogens is 3. The molecular weight excluding hydrogens is 308 g/mol. The zero-order chi connectivity index (χ0) is 15.8. The van der Waals surface area contributed by atoms with Gasteiger partial charge in [0.2, 0.25) is 0 Å². The quantitative estimate of drug-likeness (QED) is 0.803. The number of amides is 1. The standard InChI is InChI=1S/C17H16N4OS/c1-2-21-10-9-13(20-21)16(22)19-17-18-15-12-6-4-3-5-11(12)7-8-14(15)23-17/h3-6,9-10H,2,7-8H2,1H3,(H,18,19,22). The summed E-state index contributed by atoms with van der Waals surface area (Å²) in [6.45, 7) is 2.73. The van der Waals surface area contributed by atoms with Crippen molar-refractivity contribution < 1.29 is 4.79 Å². The fourth-order valence-corrected chi connectivity index (χ4v) is 3.79. The van der Waals surface area contributed by atoms with E-state index in [4.69, 9.17) is 0 Å². The van der Waals surface area contributed by atoms with Crippen LogP contribution in [0.4, 0.5) is 5.13 Å². The van der Waals surface area contributed by atoms with E-state index in [1.165, 1.54) is 16.0 Å². The van der Waals surface area contributed by atoms with Crippen LogP contribution in [0.25, 0.3) is 11.3 Å². The van der Waals surface area contributed by atoms with Crippen LogP contribution >= 0.6 is 11.3 Å². The van der Waals surface area contributed by atoms with E-state index in [2.05, 4.69) is 33.6 Å². The largest absolute Gasteiger partial charge is 0.296 e. The van der Waals surface area contributed by atoms with Crippen molar-refractivity contribution in [1.29, 1.82) is 0 Å². The number of anilines is 1. The van der Waals surface area contributed by atoms with Gasteiger partial charge < -0.3 is 0 Å². The van der Waals surface area contributed by atoms with Crippen molar-refractivity contribution in [3.05, 3.63) is 52.7 Å². The molecule has 1 amide bonds. The normalized spacial score (nSPS) is 12.6. The average molecular weight is 324 g/mol. The van der Waals surface area contributed by atoms with Gasteiger partial charge in [-0.2, -0.15) is 5.10 Å². The van der Waals surface area contributed by atoms with Crippen LogP contribution in [0.5, 0.6) is 0 Å². The first-order valence-corrected chi connectivity index (χ1v) is 8.49. The molecule has 1 N–H and O–H groups in total. The van der Waals surface area contributed by atoms with Crippen LogP contribution < -0.4 is 5.32 Å². The Hall–Kier alpha value is -2.47. The highest BCUT2D eigenvalue weighted by Crippen LogP contribution is 2.37. The lowest BCUT2D eigenvalue weighted by Crippen LogP contribution is -2.13. The number of carbonyl (C=O) groups excluding carboxylic acids is 1. The Balaban J connectivity index is 1.60. The van der Waals surface area contributed by atoms with Gasteiger partial charge in [0, 0.05) is 23.2 Å². The molecule has 6 heteroatoms. The highest BCUT2D eigenvalue weighted by Gasteiger charge is 2.21. The highest BCUT2D eigenvalue weighted by atomic mass is 32.1. The highest BCUT2D eigenvalue weighted by molar-refractivity contribution is 7.16. The van der Waals surface area contributed by atoms with Crippen LogP contribution in [0.3, 0.4) is 0 Å². The third kappa shape index (κ3) is 2.55. The first kappa shape index (κ1) is 14.1. The Morgan fingerprint density at radius 1 is 1.30 bits per heavy atom. The molecule has 0 atom stereocenters. The van der Waals surface area contributed by atoms with Gasteiger partial charge >= 0.3 is 0 Å². The van der Waals surface area contributed by atoms with E-state index in [0.717, 1.165) is 25.1 Å². The van der Waals surface area contributed by atoms with Crippen LogP contribution in [0, 0.1) is 0 Å². The SMILES string of the molecule is CCn1ccc(C(=O)Nc2nc3c(s2)CCc2ccccc2-3)n1. The van der Waals surface area contributed by atoms with Gasteiger partial charge in [0.1, 0.15) is 0 Å². The molecule has 3 aromatic rings. The Kier molecular flexibility index (Phi) is 3.46. The van der Waals surface area contributed by atoms with Crippen LogP contribution in [0.1, 0.15) is 27.9 Å². The summed E-state index contributed by atoms with van der Waals surface area (Å²) in [7, 11) is 0. The van der Waals surface area contributed by atoms with Gasteiger partial charge in [-0.05, 0) is 31.4 Å². The molecule has 0 bridgehead atoms. The average Bonchev–Trinajstić information content (AvgIpc) is 3.21. The van der Waals surface area contributed by atoms with Crippen LogP contribution in [-0.2, 0) is 19.4 Å². The summed E-state index contributed by atoms with van der Waals surface area (Å²) in [5.41, 5.74) is 3.93. The molecule has 2 aromatic heterocycles. The van der Waals surface area contributed by atoms with Crippen molar-refractivity contribution in [1.82, 2.24) is 14.8 Å². The molecule has 0 saturated heterocycles. The third-order valence-corrected chi connectivity index (χ3v) is 5.04. The number of thiazole rings is 1. The van der Waals surface area contributed by atoms with Gasteiger partial charge in [-0.15, -0.1) is 11.3 Å². The second-order valence-electron chi connectivity index (χ2n) is 5.46. The van der Waals surface area contributed by atoms with Gasteiger partial charge in [-0.25, -0.2) is 4.98 Å². The number of nitrogens with zero attached hydrogens (tertiary/aromatic N) is 3. The second kappa shape index (κ2) is 5.62. The van der Waals surface area contributed by atoms with Crippen molar-refractivity contribution in [2.75, 3.05) is 5.32 Å². The van der Waals surface area contributed by atoms with Gasteiger partial charge in [-0.3, -0.25) is 14.8 Å². The molecule has 1 aliphatic rings. The topological polar surface area (TPSA) is 59.8 Å². The Morgan fingerprint density at radius 3 is 3.00 bits per heavy atom. The number of hydrogen-bond acceptors (Lipinski definition) is 4. The smallest absolute Gasteiger partial charge is 0.277 e. The van der Waals surface area contributed by atoms with Gasteiger partial charge in [0.15, 0.2) is 10.8 Å². The molecule has 1 aliphatic carbocycles. The monoisotopic (exact) mass is 324 g/mol. The maximum Gasteiger partial charge on any atom is 0.277 e. The lowest BCUT2D eigenvalue weighted by atomic mass is 9.94. The molecule has 0 unspecified atom stereocenters. The lowest BCUT2D eigenvalue weighted by Gasteiger charge is -2.13. The molecule has 0 radical (unpaired) electrons. The number of benzene rings is 1. The summed E-state index contributed by atoms with van der Waals surface area (Å²) >= 11 is 1.56. The lowest BCUT2D eigenvalue weighted by molar-refractivity contribution is 0.102. The summed E-state index contributed by atoms with van der Waals surface area (Å²) in [6, 6.07) is 10.1. The third-order valence-electron chi connectivity index (χ3n) is 4.01. The van der Waals surface area contributed by atoms with Crippen molar-refractivity contribution in [3.63, 3.8) is 0 Å². The number of aryl methyl sites for hydroxylation is 3. The first-order chi connectivity index (χ1) is 11.2. The molecule has 0 saturated carbocycles. The minimum absolute atomic E-state index is 0.211. The van der Waals surface area contributed by atoms with Crippen molar-refractivity contribution in [2.45, 2.75) is 26.3 Å². The molecule has 2 heterocycles. The Labute approximate surface area is 138 Å². The van der Waals surface area contributed by atoms with E-state index in [1.54, 1.807) is 28.3 Å². The molecule has 0 fully saturated rings. The molecule has 0 spiro atoms. The molecular formula is C17H16N4OS. The number of hydrogen-bond donors (Lipinski definition) is 1. The summed E-state index contributed by atoms with van der Waals surface area (Å²) in [5.74, 6) is -0.211. The van der Waals surface area contributed by atoms with E-state index in [1.807, 2.05) is 13.0 Å². The molecule has 0 aliphatic heterocycles. The van der Waals surface area contributed by atoms with E-state index in [-0.39, 0.29) is 5.91 Å². The first-order valence-electron chi connectivity index (χ1n) is 7.67. The number of nitrogens with one attached hydrogen (secondary N) is 1. The minimum atomic E-state index is -0.211. The zero-order valence-corrected chi connectivity index (χ0v) is 13.6.